The number of benzene rings is 1. The van der Waals surface area contributed by atoms with Crippen LogP contribution in [0.3, 0.4) is 0 Å². The third-order valence-electron chi connectivity index (χ3n) is 7.23. The Hall–Kier alpha value is -3.75. The average molecular weight is 433 g/mol. The van der Waals surface area contributed by atoms with Crippen LogP contribution in [0.25, 0.3) is 11.3 Å². The minimum atomic E-state index is -0.510. The minimum absolute atomic E-state index is 0.137. The molecule has 0 unspecified atom stereocenters. The fraction of sp³-hybridized carbons (Fsp3) is 0.348. The topological polar surface area (TPSA) is 115 Å². The predicted molar refractivity (Wildman–Crippen MR) is 111 cm³/mol. The lowest BCUT2D eigenvalue weighted by molar-refractivity contribution is -0.384. The first-order valence-electron chi connectivity index (χ1n) is 10.5. The molecular weight excluding hydrogens is 414 g/mol. The number of rotatable bonds is 5. The molecule has 3 fully saturated rings. The summed E-state index contributed by atoms with van der Waals surface area (Å²) in [6.45, 7) is 0. The molecule has 1 saturated heterocycles. The van der Waals surface area contributed by atoms with Gasteiger partial charge >= 0.3 is 0 Å². The Bertz CT molecular complexity index is 1190. The summed E-state index contributed by atoms with van der Waals surface area (Å²) in [5.41, 5.74) is 0.134. The molecule has 1 aromatic carbocycles. The highest BCUT2D eigenvalue weighted by atomic mass is 16.6. The number of carbonyl (C=O) groups excluding carboxylic acids is 2. The van der Waals surface area contributed by atoms with Crippen LogP contribution in [0.5, 0.6) is 5.75 Å². The number of allylic oxidation sites excluding steroid dienone is 2. The van der Waals surface area contributed by atoms with E-state index in [1.165, 1.54) is 19.4 Å². The molecule has 9 heteroatoms. The first kappa shape index (κ1) is 19.0. The molecule has 0 spiro atoms. The summed E-state index contributed by atoms with van der Waals surface area (Å²) in [5, 5.41) is 16.6. The van der Waals surface area contributed by atoms with Crippen LogP contribution in [0.15, 0.2) is 52.0 Å². The molecule has 2 heterocycles. The van der Waals surface area contributed by atoms with Crippen LogP contribution in [-0.2, 0) is 9.59 Å². The summed E-state index contributed by atoms with van der Waals surface area (Å²) in [5.74, 6) is 1.12. The van der Waals surface area contributed by atoms with E-state index in [0.29, 0.717) is 17.6 Å². The van der Waals surface area contributed by atoms with Crippen LogP contribution < -0.4 is 4.74 Å². The second kappa shape index (κ2) is 6.62. The highest BCUT2D eigenvalue weighted by Crippen LogP contribution is 2.65. The lowest BCUT2D eigenvalue weighted by Crippen LogP contribution is -2.40. The molecule has 0 N–H and O–H groups in total. The number of imide groups is 1. The zero-order chi connectivity index (χ0) is 22.1. The normalized spacial score (nSPS) is 31.8. The Balaban J connectivity index is 1.25. The Morgan fingerprint density at radius 2 is 1.81 bits per heavy atom. The summed E-state index contributed by atoms with van der Waals surface area (Å²) in [6.07, 6.45) is 6.63. The number of ether oxygens (including phenoxy) is 1. The SMILES string of the molecule is COc1ccc(-c2ccc(/C=N\N3C(=O)[C@@H]4[C@@H]5C=C[C@H]([C@@H]6C[C@H]56)[C@@H]4C3=O)o2)c([N+](=O)[O-])c1. The molecule has 4 aliphatic carbocycles. The second-order valence-corrected chi connectivity index (χ2v) is 8.73. The zero-order valence-electron chi connectivity index (χ0n) is 17.1. The number of hydrazone groups is 1. The van der Waals surface area contributed by atoms with E-state index < -0.39 is 4.92 Å². The molecule has 6 atom stereocenters. The number of amides is 2. The maximum Gasteiger partial charge on any atom is 0.284 e. The third kappa shape index (κ3) is 2.60. The molecule has 2 bridgehead atoms. The first-order valence-corrected chi connectivity index (χ1v) is 10.5. The Morgan fingerprint density at radius 3 is 2.44 bits per heavy atom. The van der Waals surface area contributed by atoms with E-state index in [1.54, 1.807) is 24.3 Å². The van der Waals surface area contributed by atoms with Gasteiger partial charge in [0.1, 0.15) is 17.3 Å². The third-order valence-corrected chi connectivity index (χ3v) is 7.23. The Kier molecular flexibility index (Phi) is 3.93. The van der Waals surface area contributed by atoms with E-state index in [2.05, 4.69) is 17.3 Å². The highest BCUT2D eigenvalue weighted by Gasteiger charge is 2.67. The quantitative estimate of drug-likeness (QED) is 0.235. The van der Waals surface area contributed by atoms with Crippen molar-refractivity contribution in [2.45, 2.75) is 6.42 Å². The van der Waals surface area contributed by atoms with Gasteiger partial charge in [-0.3, -0.25) is 19.7 Å². The van der Waals surface area contributed by atoms with Crippen molar-refractivity contribution < 1.29 is 23.7 Å². The number of hydrogen-bond donors (Lipinski definition) is 0. The van der Waals surface area contributed by atoms with Gasteiger partial charge in [-0.1, -0.05) is 12.2 Å². The van der Waals surface area contributed by atoms with Gasteiger partial charge in [-0.05, 0) is 54.4 Å². The Labute approximate surface area is 182 Å². The molecule has 7 rings (SSSR count). The fourth-order valence-electron chi connectivity index (χ4n) is 5.73. The highest BCUT2D eigenvalue weighted by molar-refractivity contribution is 6.06. The molecular formula is C23H19N3O6. The Morgan fingerprint density at radius 1 is 1.12 bits per heavy atom. The smallest absolute Gasteiger partial charge is 0.284 e. The summed E-state index contributed by atoms with van der Waals surface area (Å²) in [4.78, 5) is 36.9. The van der Waals surface area contributed by atoms with Crippen LogP contribution in [0.2, 0.25) is 0 Å². The molecule has 162 valence electrons. The van der Waals surface area contributed by atoms with Crippen molar-refractivity contribution >= 4 is 23.7 Å². The monoisotopic (exact) mass is 433 g/mol. The summed E-state index contributed by atoms with van der Waals surface area (Å²) >= 11 is 0. The maximum absolute atomic E-state index is 13.0. The van der Waals surface area contributed by atoms with Crippen LogP contribution in [0.1, 0.15) is 12.2 Å². The van der Waals surface area contributed by atoms with Crippen LogP contribution in [0.4, 0.5) is 5.69 Å². The van der Waals surface area contributed by atoms with Gasteiger partial charge in [0.2, 0.25) is 0 Å². The molecule has 0 radical (unpaired) electrons. The van der Waals surface area contributed by atoms with E-state index in [0.717, 1.165) is 11.4 Å². The zero-order valence-corrected chi connectivity index (χ0v) is 17.1. The van der Waals surface area contributed by atoms with E-state index in [4.69, 9.17) is 9.15 Å². The molecule has 1 aliphatic heterocycles. The summed E-state index contributed by atoms with van der Waals surface area (Å²) in [7, 11) is 1.43. The number of hydrogen-bond acceptors (Lipinski definition) is 7. The van der Waals surface area contributed by atoms with Crippen LogP contribution in [-0.4, -0.2) is 35.1 Å². The molecule has 2 amide bonds. The molecule has 2 saturated carbocycles. The number of carbonyl (C=O) groups is 2. The van der Waals surface area contributed by atoms with Gasteiger partial charge in [0.05, 0.1) is 41.7 Å². The minimum Gasteiger partial charge on any atom is -0.497 e. The van der Waals surface area contributed by atoms with Gasteiger partial charge in [0.25, 0.3) is 17.5 Å². The molecule has 9 nitrogen and oxygen atoms in total. The number of nitro benzene ring substituents is 1. The largest absolute Gasteiger partial charge is 0.497 e. The number of nitrogens with zero attached hydrogens (tertiary/aromatic N) is 3. The molecule has 5 aliphatic rings. The van der Waals surface area contributed by atoms with E-state index in [9.17, 15) is 19.7 Å². The van der Waals surface area contributed by atoms with Gasteiger partial charge < -0.3 is 9.15 Å². The van der Waals surface area contributed by atoms with Gasteiger partial charge in [-0.25, -0.2) is 0 Å². The van der Waals surface area contributed by atoms with Crippen LogP contribution in [0, 0.1) is 45.6 Å². The predicted octanol–water partition coefficient (Wildman–Crippen LogP) is 3.25. The van der Waals surface area contributed by atoms with Gasteiger partial charge in [0.15, 0.2) is 0 Å². The van der Waals surface area contributed by atoms with E-state index in [1.807, 2.05) is 0 Å². The second-order valence-electron chi connectivity index (χ2n) is 8.73. The number of nitro groups is 1. The molecule has 2 aromatic rings. The molecule has 32 heavy (non-hydrogen) atoms. The maximum atomic E-state index is 13.0. The van der Waals surface area contributed by atoms with Gasteiger partial charge in [0, 0.05) is 0 Å². The van der Waals surface area contributed by atoms with Crippen molar-refractivity contribution in [3.63, 3.8) is 0 Å². The average Bonchev–Trinajstić information content (AvgIpc) is 3.44. The lowest BCUT2D eigenvalue weighted by atomic mass is 9.63. The van der Waals surface area contributed by atoms with Gasteiger partial charge in [-0.2, -0.15) is 10.1 Å². The summed E-state index contributed by atoms with van der Waals surface area (Å²) < 4.78 is 10.8. The van der Waals surface area contributed by atoms with E-state index >= 15 is 0 Å². The number of methoxy groups -OCH3 is 1. The van der Waals surface area contributed by atoms with E-state index in [-0.39, 0.29) is 58.3 Å². The lowest BCUT2D eigenvalue weighted by Gasteiger charge is -2.37. The summed E-state index contributed by atoms with van der Waals surface area (Å²) in [6, 6.07) is 7.65. The van der Waals surface area contributed by atoms with Crippen molar-refractivity contribution in [1.82, 2.24) is 5.01 Å². The van der Waals surface area contributed by atoms with Crippen molar-refractivity contribution in [2.75, 3.05) is 7.11 Å². The van der Waals surface area contributed by atoms with Crippen molar-refractivity contribution in [3.05, 3.63) is 58.4 Å². The van der Waals surface area contributed by atoms with Crippen molar-refractivity contribution in [2.24, 2.45) is 40.6 Å². The standard InChI is InChI=1S/C23H19N3O6/c1-31-11-2-4-15(18(8-11)26(29)30)19-7-3-12(32-19)10-24-25-22(27)20-13-5-6-14(17-9-16(13)17)21(20)23(25)28/h2-8,10,13-14,16-17,20-21H,9H2,1H3/b24-10-/t13-,14-,16-,17+,20-,21+/m1/s1. The fourth-order valence-corrected chi connectivity index (χ4v) is 5.73. The van der Waals surface area contributed by atoms with Crippen LogP contribution >= 0.6 is 0 Å². The first-order chi connectivity index (χ1) is 15.5. The molecule has 1 aromatic heterocycles. The van der Waals surface area contributed by atoms with Crippen molar-refractivity contribution in [3.8, 4) is 17.1 Å². The number of furan rings is 1. The van der Waals surface area contributed by atoms with Crippen molar-refractivity contribution in [1.29, 1.82) is 0 Å². The van der Waals surface area contributed by atoms with Gasteiger partial charge in [-0.15, -0.1) is 0 Å².